The first-order valence-electron chi connectivity index (χ1n) is 12.0. The average Bonchev–Trinajstić information content (AvgIpc) is 3.57. The van der Waals surface area contributed by atoms with Gasteiger partial charge in [0.2, 0.25) is 0 Å². The number of anilines is 3. The van der Waals surface area contributed by atoms with Gasteiger partial charge in [0.05, 0.1) is 6.54 Å². The standard InChI is InChI=1S/C26H24F2N6O4/c27-17-3-6-19(7-4-17)33-13-14-34(26(33)37)25(36)30-18-5-8-22(21(28)15-18)38-20-9-10-29-23(16-20)31-24(35)32-11-1-2-12-32/h3-10,15-16H,1-2,11-14H2,(H,30,36)(H,29,31,35). The SMILES string of the molecule is O=C(Nc1cc(Oc2ccc(NC(=O)N3CCN(c4ccc(F)cc4)C3=O)cc2F)ccn1)N1CCCC1. The molecular weight excluding hydrogens is 498 g/mol. The topological polar surface area (TPSA) is 107 Å². The van der Waals surface area contributed by atoms with Crippen LogP contribution in [0.5, 0.6) is 11.5 Å². The summed E-state index contributed by atoms with van der Waals surface area (Å²) in [7, 11) is 0. The van der Waals surface area contributed by atoms with Gasteiger partial charge in [0.15, 0.2) is 11.6 Å². The molecule has 0 saturated carbocycles. The average molecular weight is 523 g/mol. The molecule has 0 spiro atoms. The Labute approximate surface area is 216 Å². The number of amides is 6. The molecule has 0 unspecified atom stereocenters. The molecule has 2 N–H and O–H groups in total. The molecule has 2 aromatic carbocycles. The molecule has 12 heteroatoms. The van der Waals surface area contributed by atoms with Gasteiger partial charge in [-0.25, -0.2) is 33.0 Å². The number of nitrogens with one attached hydrogen (secondary N) is 2. The lowest BCUT2D eigenvalue weighted by molar-refractivity contribution is 0.209. The van der Waals surface area contributed by atoms with Crippen LogP contribution in [0.2, 0.25) is 0 Å². The van der Waals surface area contributed by atoms with E-state index in [1.807, 2.05) is 0 Å². The number of hydrogen-bond acceptors (Lipinski definition) is 5. The number of urea groups is 3. The van der Waals surface area contributed by atoms with Crippen LogP contribution in [-0.4, -0.2) is 59.1 Å². The van der Waals surface area contributed by atoms with Gasteiger partial charge in [-0.15, -0.1) is 0 Å². The zero-order valence-corrected chi connectivity index (χ0v) is 20.2. The minimum Gasteiger partial charge on any atom is -0.454 e. The Kier molecular flexibility index (Phi) is 7.03. The number of rotatable bonds is 5. The quantitative estimate of drug-likeness (QED) is 0.476. The van der Waals surface area contributed by atoms with Gasteiger partial charge in [0.1, 0.15) is 17.4 Å². The van der Waals surface area contributed by atoms with E-state index in [4.69, 9.17) is 4.74 Å². The fourth-order valence-electron chi connectivity index (χ4n) is 4.22. The smallest absolute Gasteiger partial charge is 0.332 e. The summed E-state index contributed by atoms with van der Waals surface area (Å²) in [6, 6.07) is 10.7. The number of benzene rings is 2. The van der Waals surface area contributed by atoms with Crippen LogP contribution in [0.1, 0.15) is 12.8 Å². The van der Waals surface area contributed by atoms with Crippen LogP contribution >= 0.6 is 0 Å². The molecule has 6 amide bonds. The number of likely N-dealkylation sites (tertiary alicyclic amines) is 1. The molecule has 0 atom stereocenters. The Hall–Kier alpha value is -4.74. The highest BCUT2D eigenvalue weighted by atomic mass is 19.1. The Balaban J connectivity index is 1.20. The van der Waals surface area contributed by atoms with Crippen LogP contribution < -0.4 is 20.3 Å². The van der Waals surface area contributed by atoms with Gasteiger partial charge in [-0.2, -0.15) is 0 Å². The predicted octanol–water partition coefficient (Wildman–Crippen LogP) is 5.25. The van der Waals surface area contributed by atoms with E-state index >= 15 is 0 Å². The van der Waals surface area contributed by atoms with E-state index < -0.39 is 23.7 Å². The molecule has 2 fully saturated rings. The first-order chi connectivity index (χ1) is 18.4. The molecule has 0 aliphatic carbocycles. The van der Waals surface area contributed by atoms with Gasteiger partial charge in [-0.3, -0.25) is 10.2 Å². The first kappa shape index (κ1) is 24.9. The van der Waals surface area contributed by atoms with Crippen molar-refractivity contribution >= 4 is 35.3 Å². The normalized spacial score (nSPS) is 15.1. The summed E-state index contributed by atoms with van der Waals surface area (Å²) in [6.07, 6.45) is 3.36. The Morgan fingerprint density at radius 3 is 2.37 bits per heavy atom. The second-order valence-electron chi connectivity index (χ2n) is 8.74. The lowest BCUT2D eigenvalue weighted by atomic mass is 10.3. The predicted molar refractivity (Wildman–Crippen MR) is 135 cm³/mol. The molecule has 0 radical (unpaired) electrons. The summed E-state index contributed by atoms with van der Waals surface area (Å²) >= 11 is 0. The van der Waals surface area contributed by atoms with Crippen LogP contribution in [0, 0.1) is 11.6 Å². The molecule has 0 bridgehead atoms. The third-order valence-electron chi connectivity index (χ3n) is 6.16. The molecular formula is C26H24F2N6O4. The molecule has 3 aromatic rings. The monoisotopic (exact) mass is 522 g/mol. The van der Waals surface area contributed by atoms with Crippen molar-refractivity contribution in [2.24, 2.45) is 0 Å². The fraction of sp³-hybridized carbons (Fsp3) is 0.231. The highest BCUT2D eigenvalue weighted by molar-refractivity contribution is 6.08. The van der Waals surface area contributed by atoms with Crippen molar-refractivity contribution in [3.8, 4) is 11.5 Å². The largest absolute Gasteiger partial charge is 0.454 e. The van der Waals surface area contributed by atoms with E-state index in [0.29, 0.717) is 18.8 Å². The third kappa shape index (κ3) is 5.48. The van der Waals surface area contributed by atoms with Gasteiger partial charge in [-0.05, 0) is 55.3 Å². The first-order valence-corrected chi connectivity index (χ1v) is 12.0. The van der Waals surface area contributed by atoms with Crippen LogP contribution in [0.25, 0.3) is 0 Å². The second kappa shape index (κ2) is 10.7. The number of hydrogen-bond donors (Lipinski definition) is 2. The van der Waals surface area contributed by atoms with Gasteiger partial charge in [0, 0.05) is 49.3 Å². The van der Waals surface area contributed by atoms with E-state index in [1.165, 1.54) is 59.6 Å². The van der Waals surface area contributed by atoms with E-state index in [9.17, 15) is 23.2 Å². The summed E-state index contributed by atoms with van der Waals surface area (Å²) < 4.78 is 33.6. The van der Waals surface area contributed by atoms with Crippen molar-refractivity contribution in [1.82, 2.24) is 14.8 Å². The van der Waals surface area contributed by atoms with E-state index in [1.54, 1.807) is 4.90 Å². The van der Waals surface area contributed by atoms with Gasteiger partial charge >= 0.3 is 18.1 Å². The Morgan fingerprint density at radius 1 is 0.868 bits per heavy atom. The van der Waals surface area contributed by atoms with Crippen molar-refractivity contribution in [3.05, 3.63) is 72.4 Å². The van der Waals surface area contributed by atoms with Crippen molar-refractivity contribution in [2.45, 2.75) is 12.8 Å². The minimum absolute atomic E-state index is 0.106. The van der Waals surface area contributed by atoms with E-state index in [2.05, 4.69) is 15.6 Å². The van der Waals surface area contributed by atoms with Crippen molar-refractivity contribution in [1.29, 1.82) is 0 Å². The lowest BCUT2D eigenvalue weighted by Gasteiger charge is -2.18. The number of carbonyl (C=O) groups is 3. The molecule has 38 heavy (non-hydrogen) atoms. The molecule has 10 nitrogen and oxygen atoms in total. The highest BCUT2D eigenvalue weighted by Gasteiger charge is 2.34. The number of imide groups is 1. The Bertz CT molecular complexity index is 1360. The Morgan fingerprint density at radius 2 is 1.63 bits per heavy atom. The number of aromatic nitrogens is 1. The molecule has 2 saturated heterocycles. The second-order valence-corrected chi connectivity index (χ2v) is 8.74. The van der Waals surface area contributed by atoms with Crippen molar-refractivity contribution in [3.63, 3.8) is 0 Å². The summed E-state index contributed by atoms with van der Waals surface area (Å²) in [5.74, 6) is -0.753. The van der Waals surface area contributed by atoms with Crippen LogP contribution in [0.3, 0.4) is 0 Å². The summed E-state index contributed by atoms with van der Waals surface area (Å²) in [5.41, 5.74) is 0.593. The minimum atomic E-state index is -0.747. The summed E-state index contributed by atoms with van der Waals surface area (Å²) in [6.45, 7) is 1.74. The molecule has 2 aliphatic rings. The van der Waals surface area contributed by atoms with Crippen molar-refractivity contribution in [2.75, 3.05) is 41.7 Å². The zero-order chi connectivity index (χ0) is 26.6. The number of halogens is 2. The van der Waals surface area contributed by atoms with Crippen LogP contribution in [0.4, 0.5) is 40.4 Å². The number of ether oxygens (including phenoxy) is 1. The maximum Gasteiger partial charge on any atom is 0.332 e. The van der Waals surface area contributed by atoms with Crippen LogP contribution in [-0.2, 0) is 0 Å². The van der Waals surface area contributed by atoms with Crippen LogP contribution in [0.15, 0.2) is 60.8 Å². The van der Waals surface area contributed by atoms with Crippen molar-refractivity contribution < 1.29 is 27.9 Å². The maximum atomic E-state index is 14.8. The summed E-state index contributed by atoms with van der Waals surface area (Å²) in [5, 5.41) is 5.21. The molecule has 196 valence electrons. The van der Waals surface area contributed by atoms with Gasteiger partial charge in [0.25, 0.3) is 0 Å². The van der Waals surface area contributed by atoms with Gasteiger partial charge < -0.3 is 15.0 Å². The number of nitrogens with zero attached hydrogens (tertiary/aromatic N) is 4. The molecule has 2 aliphatic heterocycles. The molecule has 1 aromatic heterocycles. The highest BCUT2D eigenvalue weighted by Crippen LogP contribution is 2.28. The lowest BCUT2D eigenvalue weighted by Crippen LogP contribution is -2.39. The number of pyridine rings is 1. The fourth-order valence-corrected chi connectivity index (χ4v) is 4.22. The van der Waals surface area contributed by atoms with E-state index in [-0.39, 0.29) is 42.1 Å². The molecule has 3 heterocycles. The maximum absolute atomic E-state index is 14.8. The van der Waals surface area contributed by atoms with Gasteiger partial charge in [-0.1, -0.05) is 0 Å². The summed E-state index contributed by atoms with van der Waals surface area (Å²) in [4.78, 5) is 45.8. The molecule has 5 rings (SSSR count). The number of carbonyl (C=O) groups excluding carboxylic acids is 3. The third-order valence-corrected chi connectivity index (χ3v) is 6.16. The van der Waals surface area contributed by atoms with E-state index in [0.717, 1.165) is 23.8 Å². The zero-order valence-electron chi connectivity index (χ0n) is 20.2.